The van der Waals surface area contributed by atoms with Crippen molar-refractivity contribution in [2.75, 3.05) is 13.7 Å². The van der Waals surface area contributed by atoms with Gasteiger partial charge in [-0.25, -0.2) is 9.78 Å². The van der Waals surface area contributed by atoms with Gasteiger partial charge >= 0.3 is 5.97 Å². The lowest BCUT2D eigenvalue weighted by Crippen LogP contribution is -2.25. The van der Waals surface area contributed by atoms with E-state index < -0.39 is 12.1 Å². The molecule has 3 rings (SSSR count). The predicted octanol–water partition coefficient (Wildman–Crippen LogP) is 4.89. The minimum atomic E-state index is -0.789. The van der Waals surface area contributed by atoms with Crippen molar-refractivity contribution in [3.63, 3.8) is 0 Å². The molecule has 1 aromatic heterocycles. The summed E-state index contributed by atoms with van der Waals surface area (Å²) >= 11 is 3.42. The van der Waals surface area contributed by atoms with Gasteiger partial charge in [-0.05, 0) is 62.2 Å². The zero-order valence-electron chi connectivity index (χ0n) is 19.9. The third-order valence-electron chi connectivity index (χ3n) is 5.31. The van der Waals surface area contributed by atoms with E-state index in [-0.39, 0.29) is 11.5 Å². The van der Waals surface area contributed by atoms with Crippen molar-refractivity contribution in [2.24, 2.45) is 5.10 Å². The highest BCUT2D eigenvalue weighted by Crippen LogP contribution is 2.29. The Morgan fingerprint density at radius 2 is 1.94 bits per heavy atom. The number of rotatable bonds is 9. The molecule has 0 fully saturated rings. The van der Waals surface area contributed by atoms with Crippen molar-refractivity contribution in [1.82, 2.24) is 9.66 Å². The predicted molar refractivity (Wildman–Crippen MR) is 135 cm³/mol. The van der Waals surface area contributed by atoms with Crippen molar-refractivity contribution < 1.29 is 19.0 Å². The van der Waals surface area contributed by atoms with Crippen LogP contribution in [0.4, 0.5) is 0 Å². The molecule has 3 aromatic rings. The number of methoxy groups -OCH3 is 1. The third kappa shape index (κ3) is 5.64. The Kier molecular flexibility index (Phi) is 8.44. The molecule has 0 radical (unpaired) electrons. The van der Waals surface area contributed by atoms with Crippen molar-refractivity contribution in [3.8, 4) is 11.5 Å². The summed E-state index contributed by atoms with van der Waals surface area (Å²) < 4.78 is 18.3. The van der Waals surface area contributed by atoms with Gasteiger partial charge in [-0.15, -0.1) is 0 Å². The van der Waals surface area contributed by atoms with Crippen LogP contribution in [0.3, 0.4) is 0 Å². The fourth-order valence-corrected chi connectivity index (χ4v) is 3.64. The van der Waals surface area contributed by atoms with Gasteiger partial charge in [0.2, 0.25) is 0 Å². The zero-order valence-corrected chi connectivity index (χ0v) is 21.5. The van der Waals surface area contributed by atoms with Crippen LogP contribution in [0.2, 0.25) is 0 Å². The molecule has 2 aromatic carbocycles. The largest absolute Gasteiger partial charge is 0.490 e. The Hall–Kier alpha value is -3.20. The van der Waals surface area contributed by atoms with E-state index in [9.17, 15) is 9.59 Å². The minimum absolute atomic E-state index is 0.0347. The van der Waals surface area contributed by atoms with E-state index in [1.165, 1.54) is 11.8 Å². The number of carbonyl (C=O) groups excluding carboxylic acids is 1. The molecule has 34 heavy (non-hydrogen) atoms. The smallest absolute Gasteiger partial charge is 0.346 e. The maximum atomic E-state index is 13.3. The number of benzene rings is 2. The molecule has 0 aliphatic rings. The molecular formula is C25H28BrN3O5. The summed E-state index contributed by atoms with van der Waals surface area (Å²) in [6.07, 6.45) is 1.60. The van der Waals surface area contributed by atoms with Gasteiger partial charge in [0.25, 0.3) is 5.56 Å². The normalized spacial score (nSPS) is 13.1. The lowest BCUT2D eigenvalue weighted by Gasteiger charge is -2.16. The van der Waals surface area contributed by atoms with Crippen LogP contribution in [0.1, 0.15) is 51.4 Å². The minimum Gasteiger partial charge on any atom is -0.490 e. The van der Waals surface area contributed by atoms with Crippen LogP contribution >= 0.6 is 15.9 Å². The van der Waals surface area contributed by atoms with E-state index in [4.69, 9.17) is 19.2 Å². The molecule has 180 valence electrons. The van der Waals surface area contributed by atoms with Crippen molar-refractivity contribution in [2.45, 2.75) is 46.1 Å². The van der Waals surface area contributed by atoms with Crippen LogP contribution < -0.4 is 15.0 Å². The molecule has 0 saturated carbocycles. The highest BCUT2D eigenvalue weighted by molar-refractivity contribution is 9.10. The fraction of sp³-hybridized carbons (Fsp3) is 0.360. The molecule has 2 atom stereocenters. The topological polar surface area (TPSA) is 92.0 Å². The number of fused-ring (bicyclic) bond motifs is 1. The van der Waals surface area contributed by atoms with Gasteiger partial charge in [0.1, 0.15) is 5.82 Å². The summed E-state index contributed by atoms with van der Waals surface area (Å²) in [7, 11) is 1.31. The Morgan fingerprint density at radius 3 is 2.62 bits per heavy atom. The molecule has 8 nitrogen and oxygen atoms in total. The van der Waals surface area contributed by atoms with Gasteiger partial charge in [-0.1, -0.05) is 29.8 Å². The zero-order chi connectivity index (χ0) is 24.8. The van der Waals surface area contributed by atoms with E-state index in [2.05, 4.69) is 21.0 Å². The maximum absolute atomic E-state index is 13.3. The van der Waals surface area contributed by atoms with Crippen LogP contribution in [0.15, 0.2) is 50.8 Å². The number of hydrogen-bond acceptors (Lipinski definition) is 7. The number of carbonyl (C=O) groups is 1. The fourth-order valence-electron chi connectivity index (χ4n) is 3.28. The molecular weight excluding hydrogens is 502 g/mol. The number of ether oxygens (including phenoxy) is 3. The first-order chi connectivity index (χ1) is 16.3. The Morgan fingerprint density at radius 1 is 1.18 bits per heavy atom. The van der Waals surface area contributed by atoms with E-state index in [0.717, 1.165) is 10.9 Å². The summed E-state index contributed by atoms with van der Waals surface area (Å²) in [5.74, 6) is 1.01. The van der Waals surface area contributed by atoms with Crippen molar-refractivity contribution in [3.05, 3.63) is 62.6 Å². The number of hydrogen-bond donors (Lipinski definition) is 0. The van der Waals surface area contributed by atoms with Crippen molar-refractivity contribution >= 4 is 39.0 Å². The highest BCUT2D eigenvalue weighted by Gasteiger charge is 2.18. The van der Waals surface area contributed by atoms with Gasteiger partial charge in [0.15, 0.2) is 17.6 Å². The summed E-state index contributed by atoms with van der Waals surface area (Å²) in [4.78, 5) is 29.7. The lowest BCUT2D eigenvalue weighted by atomic mass is 10.1. The van der Waals surface area contributed by atoms with Gasteiger partial charge < -0.3 is 14.2 Å². The molecule has 0 bridgehead atoms. The monoisotopic (exact) mass is 529 g/mol. The third-order valence-corrected chi connectivity index (χ3v) is 5.81. The summed E-state index contributed by atoms with van der Waals surface area (Å²) in [5, 5.41) is 4.97. The highest BCUT2D eigenvalue weighted by atomic mass is 79.9. The Balaban J connectivity index is 2.03. The van der Waals surface area contributed by atoms with Crippen LogP contribution in [-0.2, 0) is 9.53 Å². The summed E-state index contributed by atoms with van der Waals surface area (Å²) in [6, 6.07) is 10.6. The lowest BCUT2D eigenvalue weighted by molar-refractivity contribution is -0.147. The Bertz CT molecular complexity index is 1270. The molecule has 0 N–H and O–H groups in total. The van der Waals surface area contributed by atoms with Gasteiger partial charge in [0, 0.05) is 10.4 Å². The molecule has 1 heterocycles. The molecule has 0 aliphatic carbocycles. The molecule has 0 saturated heterocycles. The quantitative estimate of drug-likeness (QED) is 0.289. The van der Waals surface area contributed by atoms with Gasteiger partial charge in [-0.3, -0.25) is 4.79 Å². The molecule has 0 unspecified atom stereocenters. The molecule has 0 aliphatic heterocycles. The van der Waals surface area contributed by atoms with Crippen LogP contribution in [0.25, 0.3) is 10.9 Å². The SMILES string of the molecule is CCOc1cc(C=Nn2c([C@@H](C)CC)nc3ccc(Br)cc3c2=O)ccc1O[C@@H](C)C(=O)OC. The van der Waals surface area contributed by atoms with Gasteiger partial charge in [-0.2, -0.15) is 9.78 Å². The standard InChI is InChI=1S/C25H28BrN3O5/c1-6-15(3)23-28-20-10-9-18(26)13-19(20)24(30)29(23)27-14-17-8-11-21(22(12-17)33-7-2)34-16(4)25(31)32-5/h8-16H,6-7H2,1-5H3/t15-,16-/m0/s1. The number of aromatic nitrogens is 2. The number of halogens is 1. The molecule has 0 amide bonds. The first-order valence-electron chi connectivity index (χ1n) is 11.1. The second kappa shape index (κ2) is 11.3. The molecule has 9 heteroatoms. The van der Waals surface area contributed by atoms with Gasteiger partial charge in [0.05, 0.1) is 30.8 Å². The average Bonchev–Trinajstić information content (AvgIpc) is 2.84. The summed E-state index contributed by atoms with van der Waals surface area (Å²) in [5.41, 5.74) is 1.09. The van der Waals surface area contributed by atoms with E-state index in [0.29, 0.717) is 40.4 Å². The molecule has 0 spiro atoms. The van der Waals surface area contributed by atoms with E-state index >= 15 is 0 Å². The van der Waals surface area contributed by atoms with E-state index in [1.807, 2.05) is 32.9 Å². The van der Waals surface area contributed by atoms with E-state index in [1.54, 1.807) is 37.4 Å². The number of nitrogens with zero attached hydrogens (tertiary/aromatic N) is 3. The summed E-state index contributed by atoms with van der Waals surface area (Å²) in [6.45, 7) is 7.92. The number of esters is 1. The van der Waals surface area contributed by atoms with Crippen LogP contribution in [0.5, 0.6) is 11.5 Å². The van der Waals surface area contributed by atoms with Crippen LogP contribution in [0, 0.1) is 0 Å². The van der Waals surface area contributed by atoms with Crippen molar-refractivity contribution in [1.29, 1.82) is 0 Å². The first kappa shape index (κ1) is 25.4. The average molecular weight is 530 g/mol. The maximum Gasteiger partial charge on any atom is 0.346 e. The first-order valence-corrected chi connectivity index (χ1v) is 11.9. The Labute approximate surface area is 206 Å². The second-order valence-corrected chi connectivity index (χ2v) is 8.64. The second-order valence-electron chi connectivity index (χ2n) is 7.72. The van der Waals surface area contributed by atoms with Crippen LogP contribution in [-0.4, -0.2) is 41.7 Å².